The van der Waals surface area contributed by atoms with Crippen molar-refractivity contribution in [2.75, 3.05) is 40.3 Å². The van der Waals surface area contributed by atoms with Crippen LogP contribution in [-0.4, -0.2) is 62.3 Å². The van der Waals surface area contributed by atoms with Gasteiger partial charge in [0, 0.05) is 57.0 Å². The van der Waals surface area contributed by atoms with Crippen molar-refractivity contribution in [3.8, 4) is 0 Å². The van der Waals surface area contributed by atoms with E-state index in [4.69, 9.17) is 4.74 Å². The number of fused-ring (bicyclic) bond motifs is 1. The van der Waals surface area contributed by atoms with Crippen molar-refractivity contribution >= 4 is 17.4 Å². The van der Waals surface area contributed by atoms with Crippen molar-refractivity contribution in [3.05, 3.63) is 21.9 Å². The van der Waals surface area contributed by atoms with Gasteiger partial charge < -0.3 is 15.0 Å². The van der Waals surface area contributed by atoms with E-state index >= 15 is 0 Å². The SMILES string of the molecule is Cc1ccsc1CN1C[C@@H]2[C@H](CNC(=O)N(C)C)CO[C@@H]2C1. The van der Waals surface area contributed by atoms with E-state index in [-0.39, 0.29) is 6.03 Å². The smallest absolute Gasteiger partial charge is 0.316 e. The second kappa shape index (κ2) is 6.56. The number of rotatable bonds is 4. The molecule has 1 aromatic rings. The summed E-state index contributed by atoms with van der Waals surface area (Å²) >= 11 is 1.84. The summed E-state index contributed by atoms with van der Waals surface area (Å²) in [5, 5.41) is 5.16. The maximum absolute atomic E-state index is 11.7. The molecule has 0 unspecified atom stereocenters. The van der Waals surface area contributed by atoms with E-state index in [1.54, 1.807) is 19.0 Å². The first-order chi connectivity index (χ1) is 10.5. The van der Waals surface area contributed by atoms with Gasteiger partial charge >= 0.3 is 6.03 Å². The monoisotopic (exact) mass is 323 g/mol. The summed E-state index contributed by atoms with van der Waals surface area (Å²) < 4.78 is 5.96. The molecule has 1 N–H and O–H groups in total. The first kappa shape index (κ1) is 15.8. The molecule has 0 saturated carbocycles. The molecule has 0 aromatic carbocycles. The third-order valence-electron chi connectivity index (χ3n) is 4.77. The molecule has 22 heavy (non-hydrogen) atoms. The predicted octanol–water partition coefficient (Wildman–Crippen LogP) is 1.77. The van der Waals surface area contributed by atoms with Crippen LogP contribution in [0.4, 0.5) is 4.79 Å². The van der Waals surface area contributed by atoms with E-state index in [0.717, 1.165) is 26.2 Å². The third-order valence-corrected chi connectivity index (χ3v) is 5.78. The average molecular weight is 323 g/mol. The Morgan fingerprint density at radius 3 is 3.00 bits per heavy atom. The maximum Gasteiger partial charge on any atom is 0.316 e. The highest BCUT2D eigenvalue weighted by Gasteiger charge is 2.43. The predicted molar refractivity (Wildman–Crippen MR) is 88.1 cm³/mol. The van der Waals surface area contributed by atoms with Gasteiger partial charge in [0.15, 0.2) is 0 Å². The van der Waals surface area contributed by atoms with Crippen molar-refractivity contribution in [3.63, 3.8) is 0 Å². The van der Waals surface area contributed by atoms with E-state index in [2.05, 4.69) is 28.6 Å². The lowest BCUT2D eigenvalue weighted by Crippen LogP contribution is -2.39. The first-order valence-electron chi connectivity index (χ1n) is 7.86. The molecule has 3 heterocycles. The molecule has 5 nitrogen and oxygen atoms in total. The molecule has 3 atom stereocenters. The molecule has 0 spiro atoms. The number of aryl methyl sites for hydroxylation is 1. The minimum absolute atomic E-state index is 0.0208. The van der Waals surface area contributed by atoms with Crippen molar-refractivity contribution in [2.24, 2.45) is 11.8 Å². The Kier molecular flexibility index (Phi) is 4.70. The number of carbonyl (C=O) groups is 1. The molecule has 2 saturated heterocycles. The summed E-state index contributed by atoms with van der Waals surface area (Å²) in [6.07, 6.45) is 0.335. The zero-order chi connectivity index (χ0) is 15.7. The van der Waals surface area contributed by atoms with E-state index in [0.29, 0.717) is 24.5 Å². The fourth-order valence-electron chi connectivity index (χ4n) is 3.36. The number of hydrogen-bond donors (Lipinski definition) is 1. The van der Waals surface area contributed by atoms with Crippen LogP contribution < -0.4 is 5.32 Å². The summed E-state index contributed by atoms with van der Waals surface area (Å²) in [5.41, 5.74) is 1.39. The fraction of sp³-hybridized carbons (Fsp3) is 0.688. The molecule has 2 aliphatic heterocycles. The number of thiophene rings is 1. The molecular weight excluding hydrogens is 298 g/mol. The van der Waals surface area contributed by atoms with Crippen molar-refractivity contribution in [2.45, 2.75) is 19.6 Å². The number of nitrogens with one attached hydrogen (secondary N) is 1. The van der Waals surface area contributed by atoms with Gasteiger partial charge in [-0.25, -0.2) is 4.79 Å². The Morgan fingerprint density at radius 1 is 1.50 bits per heavy atom. The zero-order valence-corrected chi connectivity index (χ0v) is 14.4. The fourth-order valence-corrected chi connectivity index (χ4v) is 4.31. The third kappa shape index (κ3) is 3.29. The van der Waals surface area contributed by atoms with Crippen LogP contribution in [0.3, 0.4) is 0 Å². The Balaban J connectivity index is 1.52. The second-order valence-electron chi connectivity index (χ2n) is 6.60. The van der Waals surface area contributed by atoms with E-state index < -0.39 is 0 Å². The Labute approximate surface area is 136 Å². The summed E-state index contributed by atoms with van der Waals surface area (Å²) in [7, 11) is 3.54. The molecule has 2 aliphatic rings. The number of amides is 2. The molecule has 2 amide bonds. The number of ether oxygens (including phenoxy) is 1. The minimum Gasteiger partial charge on any atom is -0.376 e. The summed E-state index contributed by atoms with van der Waals surface area (Å²) in [5.74, 6) is 0.978. The summed E-state index contributed by atoms with van der Waals surface area (Å²) in [6.45, 7) is 6.78. The number of carbonyl (C=O) groups excluding carboxylic acids is 1. The van der Waals surface area contributed by atoms with Crippen LogP contribution in [-0.2, 0) is 11.3 Å². The van der Waals surface area contributed by atoms with Crippen molar-refractivity contribution in [1.82, 2.24) is 15.1 Å². The van der Waals surface area contributed by atoms with Gasteiger partial charge in [0.1, 0.15) is 0 Å². The maximum atomic E-state index is 11.7. The molecule has 122 valence electrons. The molecule has 0 bridgehead atoms. The molecule has 6 heteroatoms. The molecule has 3 rings (SSSR count). The Bertz CT molecular complexity index is 531. The van der Waals surface area contributed by atoms with Gasteiger partial charge in [0.25, 0.3) is 0 Å². The number of likely N-dealkylation sites (tertiary alicyclic amines) is 1. The van der Waals surface area contributed by atoms with E-state index in [1.807, 2.05) is 11.3 Å². The Morgan fingerprint density at radius 2 is 2.32 bits per heavy atom. The Hall–Kier alpha value is -1.11. The van der Waals surface area contributed by atoms with Crippen LogP contribution in [0.1, 0.15) is 10.4 Å². The zero-order valence-electron chi connectivity index (χ0n) is 13.5. The second-order valence-corrected chi connectivity index (χ2v) is 7.60. The summed E-state index contributed by atoms with van der Waals surface area (Å²) in [6, 6.07) is 2.17. The molecule has 1 aromatic heterocycles. The van der Waals surface area contributed by atoms with Crippen molar-refractivity contribution in [1.29, 1.82) is 0 Å². The number of hydrogen-bond acceptors (Lipinski definition) is 4. The number of urea groups is 1. The number of nitrogens with zero attached hydrogens (tertiary/aromatic N) is 2. The summed E-state index contributed by atoms with van der Waals surface area (Å²) in [4.78, 5) is 17.2. The van der Waals surface area contributed by atoms with Gasteiger partial charge in [-0.1, -0.05) is 0 Å². The van der Waals surface area contributed by atoms with Gasteiger partial charge in [-0.15, -0.1) is 11.3 Å². The van der Waals surface area contributed by atoms with Gasteiger partial charge in [-0.05, 0) is 23.9 Å². The topological polar surface area (TPSA) is 44.8 Å². The quantitative estimate of drug-likeness (QED) is 0.918. The highest BCUT2D eigenvalue weighted by Crippen LogP contribution is 2.34. The van der Waals surface area contributed by atoms with Crippen LogP contribution in [0, 0.1) is 18.8 Å². The normalized spacial score (nSPS) is 27.9. The van der Waals surface area contributed by atoms with E-state index in [1.165, 1.54) is 10.4 Å². The molecule has 0 radical (unpaired) electrons. The van der Waals surface area contributed by atoms with Gasteiger partial charge in [0.2, 0.25) is 0 Å². The van der Waals surface area contributed by atoms with Gasteiger partial charge in [-0.2, -0.15) is 0 Å². The first-order valence-corrected chi connectivity index (χ1v) is 8.74. The van der Waals surface area contributed by atoms with Gasteiger partial charge in [-0.3, -0.25) is 4.90 Å². The standard InChI is InChI=1S/C16H25N3O2S/c1-11-4-5-22-15(11)9-19-7-13-12(10-21-14(13)8-19)6-17-16(20)18(2)3/h4-5,12-14H,6-10H2,1-3H3,(H,17,20)/t12-,13-,14-/m1/s1. The van der Waals surface area contributed by atoms with Crippen LogP contribution in [0.5, 0.6) is 0 Å². The average Bonchev–Trinajstić information content (AvgIpc) is 3.14. The minimum atomic E-state index is -0.0208. The lowest BCUT2D eigenvalue weighted by molar-refractivity contribution is 0.0941. The van der Waals surface area contributed by atoms with Crippen LogP contribution >= 0.6 is 11.3 Å². The lowest BCUT2D eigenvalue weighted by atomic mass is 9.93. The van der Waals surface area contributed by atoms with Crippen LogP contribution in [0.2, 0.25) is 0 Å². The van der Waals surface area contributed by atoms with E-state index in [9.17, 15) is 4.79 Å². The van der Waals surface area contributed by atoms with Crippen LogP contribution in [0.15, 0.2) is 11.4 Å². The van der Waals surface area contributed by atoms with Gasteiger partial charge in [0.05, 0.1) is 12.7 Å². The molecule has 0 aliphatic carbocycles. The van der Waals surface area contributed by atoms with Crippen LogP contribution in [0.25, 0.3) is 0 Å². The molecule has 2 fully saturated rings. The highest BCUT2D eigenvalue weighted by molar-refractivity contribution is 7.10. The highest BCUT2D eigenvalue weighted by atomic mass is 32.1. The van der Waals surface area contributed by atoms with Crippen molar-refractivity contribution < 1.29 is 9.53 Å². The lowest BCUT2D eigenvalue weighted by Gasteiger charge is -2.20. The molecular formula is C16H25N3O2S. The largest absolute Gasteiger partial charge is 0.376 e.